The molecular weight excluding hydrogens is 164 g/mol. The first kappa shape index (κ1) is 7.28. The van der Waals surface area contributed by atoms with Gasteiger partial charge in [0.15, 0.2) is 0 Å². The van der Waals surface area contributed by atoms with Crippen LogP contribution in [0.3, 0.4) is 0 Å². The van der Waals surface area contributed by atoms with Crippen molar-refractivity contribution < 1.29 is 0 Å². The van der Waals surface area contributed by atoms with Gasteiger partial charge in [-0.25, -0.2) is 4.31 Å². The molecule has 2 atom stereocenters. The molecule has 0 aliphatic carbocycles. The quantitative estimate of drug-likeness (QED) is 0.360. The maximum atomic E-state index is 4.22. The maximum absolute atomic E-state index is 4.22. The third-order valence-corrected chi connectivity index (χ3v) is 3.72. The molecule has 2 unspecified atom stereocenters. The molecule has 58 valence electrons. The molecule has 2 saturated heterocycles. The Hall–Kier alpha value is 0.620. The van der Waals surface area contributed by atoms with Crippen molar-refractivity contribution in [1.82, 2.24) is 9.21 Å². The Bertz CT molecular complexity index is 131. The maximum Gasteiger partial charge on any atom is 0.0350 e. The first-order valence-electron chi connectivity index (χ1n) is 3.70. The molecule has 0 aromatic heterocycles. The molecule has 4 heteroatoms. The third-order valence-electron chi connectivity index (χ3n) is 2.40. The molecule has 0 amide bonds. The molecule has 10 heavy (non-hydrogen) atoms. The van der Waals surface area contributed by atoms with Crippen LogP contribution in [0.2, 0.25) is 0 Å². The second-order valence-electron chi connectivity index (χ2n) is 2.97. The smallest absolute Gasteiger partial charge is 0.0350 e. The van der Waals surface area contributed by atoms with Gasteiger partial charge in [-0.3, -0.25) is 0 Å². The van der Waals surface area contributed by atoms with Crippen LogP contribution in [0.4, 0.5) is 0 Å². The van der Waals surface area contributed by atoms with Crippen molar-refractivity contribution in [3.8, 4) is 0 Å². The van der Waals surface area contributed by atoms with E-state index in [-0.39, 0.29) is 0 Å². The van der Waals surface area contributed by atoms with Crippen molar-refractivity contribution in [2.75, 3.05) is 26.2 Å². The molecule has 2 rings (SSSR count). The summed E-state index contributed by atoms with van der Waals surface area (Å²) in [5.74, 6) is 0. The van der Waals surface area contributed by atoms with Gasteiger partial charge in [-0.1, -0.05) is 11.7 Å². The van der Waals surface area contributed by atoms with Crippen molar-refractivity contribution in [3.63, 3.8) is 0 Å². The fraction of sp³-hybridized carbons (Fsp3) is 1.00. The summed E-state index contributed by atoms with van der Waals surface area (Å²) < 4.78 is 2.40. The highest BCUT2D eigenvalue weighted by molar-refractivity contribution is 8.67. The second-order valence-corrected chi connectivity index (χ2v) is 4.09. The number of piperazine rings is 1. The van der Waals surface area contributed by atoms with Crippen LogP contribution in [0.15, 0.2) is 0 Å². The number of rotatable bonds is 1. The van der Waals surface area contributed by atoms with Crippen molar-refractivity contribution in [1.29, 1.82) is 0 Å². The SMILES string of the molecule is SSN1CCN2CCC1C2. The van der Waals surface area contributed by atoms with E-state index in [9.17, 15) is 0 Å². The third kappa shape index (κ3) is 1.18. The molecule has 2 aliphatic heterocycles. The van der Waals surface area contributed by atoms with E-state index < -0.39 is 0 Å². The Labute approximate surface area is 70.9 Å². The molecule has 0 aromatic rings. The zero-order chi connectivity index (χ0) is 6.97. The van der Waals surface area contributed by atoms with Gasteiger partial charge >= 0.3 is 0 Å². The van der Waals surface area contributed by atoms with Crippen LogP contribution in [-0.4, -0.2) is 41.4 Å². The van der Waals surface area contributed by atoms with Gasteiger partial charge in [0, 0.05) is 25.7 Å². The van der Waals surface area contributed by atoms with Gasteiger partial charge in [-0.15, -0.1) is 0 Å². The van der Waals surface area contributed by atoms with Crippen LogP contribution in [0.1, 0.15) is 6.42 Å². The van der Waals surface area contributed by atoms with Crippen LogP contribution < -0.4 is 0 Å². The highest BCUT2D eigenvalue weighted by Crippen LogP contribution is 2.27. The standard InChI is InChI=1S/C6H12N2S2/c9-10-8-4-3-7-2-1-6(8)5-7/h6,9H,1-5H2. The molecular formula is C6H12N2S2. The molecule has 0 N–H and O–H groups in total. The van der Waals surface area contributed by atoms with E-state index in [1.807, 2.05) is 0 Å². The summed E-state index contributed by atoms with van der Waals surface area (Å²) in [4.78, 5) is 2.53. The Morgan fingerprint density at radius 2 is 2.20 bits per heavy atom. The van der Waals surface area contributed by atoms with Crippen LogP contribution in [0.5, 0.6) is 0 Å². The minimum Gasteiger partial charge on any atom is -0.300 e. The molecule has 0 spiro atoms. The average Bonchev–Trinajstić information content (AvgIpc) is 2.34. The van der Waals surface area contributed by atoms with Gasteiger partial charge in [0.05, 0.1) is 0 Å². The lowest BCUT2D eigenvalue weighted by Crippen LogP contribution is -2.42. The second kappa shape index (κ2) is 2.93. The van der Waals surface area contributed by atoms with Gasteiger partial charge in [-0.05, 0) is 23.9 Å². The van der Waals surface area contributed by atoms with Gasteiger partial charge in [-0.2, -0.15) is 0 Å². The topological polar surface area (TPSA) is 6.48 Å². The highest BCUT2D eigenvalue weighted by atomic mass is 33.1. The summed E-state index contributed by atoms with van der Waals surface area (Å²) >= 11 is 4.22. The molecule has 0 radical (unpaired) electrons. The van der Waals surface area contributed by atoms with Gasteiger partial charge in [0.25, 0.3) is 0 Å². The molecule has 0 aromatic carbocycles. The summed E-state index contributed by atoms with van der Waals surface area (Å²) in [7, 11) is 1.61. The number of thiol groups is 1. The van der Waals surface area contributed by atoms with Gasteiger partial charge in [0.1, 0.15) is 0 Å². The molecule has 2 bridgehead atoms. The number of fused-ring (bicyclic) bond motifs is 2. The average molecular weight is 176 g/mol. The molecule has 2 aliphatic rings. The fourth-order valence-corrected chi connectivity index (χ4v) is 2.89. The van der Waals surface area contributed by atoms with Crippen molar-refractivity contribution in [2.24, 2.45) is 0 Å². The monoisotopic (exact) mass is 176 g/mol. The summed E-state index contributed by atoms with van der Waals surface area (Å²) in [5, 5.41) is 0. The molecule has 2 fully saturated rings. The van der Waals surface area contributed by atoms with E-state index in [1.54, 1.807) is 11.0 Å². The van der Waals surface area contributed by atoms with Gasteiger partial charge in [0.2, 0.25) is 0 Å². The zero-order valence-corrected chi connectivity index (χ0v) is 7.57. The lowest BCUT2D eigenvalue weighted by Gasteiger charge is -2.31. The predicted molar refractivity (Wildman–Crippen MR) is 48.1 cm³/mol. The van der Waals surface area contributed by atoms with Gasteiger partial charge < -0.3 is 4.90 Å². The summed E-state index contributed by atoms with van der Waals surface area (Å²) in [6.07, 6.45) is 1.34. The predicted octanol–water partition coefficient (Wildman–Crippen LogP) is 0.869. The molecule has 0 saturated carbocycles. The zero-order valence-electron chi connectivity index (χ0n) is 5.86. The lowest BCUT2D eigenvalue weighted by atomic mass is 10.2. The molecule has 2 heterocycles. The van der Waals surface area contributed by atoms with E-state index in [0.717, 1.165) is 6.04 Å². The Morgan fingerprint density at radius 3 is 3.00 bits per heavy atom. The van der Waals surface area contributed by atoms with Crippen LogP contribution in [0, 0.1) is 0 Å². The first-order valence-corrected chi connectivity index (χ1v) is 5.53. The fourth-order valence-electron chi connectivity index (χ4n) is 1.78. The van der Waals surface area contributed by atoms with E-state index in [2.05, 4.69) is 20.9 Å². The van der Waals surface area contributed by atoms with Crippen LogP contribution in [-0.2, 0) is 0 Å². The van der Waals surface area contributed by atoms with Crippen LogP contribution >= 0.6 is 22.6 Å². The van der Waals surface area contributed by atoms with Crippen LogP contribution in [0.25, 0.3) is 0 Å². The first-order chi connectivity index (χ1) is 4.90. The molecule has 2 nitrogen and oxygen atoms in total. The van der Waals surface area contributed by atoms with Crippen molar-refractivity contribution in [3.05, 3.63) is 0 Å². The largest absolute Gasteiger partial charge is 0.300 e. The summed E-state index contributed by atoms with van der Waals surface area (Å²) in [6, 6.07) is 0.788. The van der Waals surface area contributed by atoms with E-state index in [4.69, 9.17) is 0 Å². The number of nitrogens with zero attached hydrogens (tertiary/aromatic N) is 2. The minimum atomic E-state index is 0.788. The Morgan fingerprint density at radius 1 is 1.30 bits per heavy atom. The Kier molecular flexibility index (Phi) is 2.13. The summed E-state index contributed by atoms with van der Waals surface area (Å²) in [6.45, 7) is 5.01. The van der Waals surface area contributed by atoms with E-state index in [1.165, 1.54) is 32.6 Å². The normalized spacial score (nSPS) is 40.5. The minimum absolute atomic E-state index is 0.788. The van der Waals surface area contributed by atoms with Crippen molar-refractivity contribution >= 4 is 22.6 Å². The van der Waals surface area contributed by atoms with Crippen molar-refractivity contribution in [2.45, 2.75) is 12.5 Å². The lowest BCUT2D eigenvalue weighted by molar-refractivity contribution is 0.227. The highest BCUT2D eigenvalue weighted by Gasteiger charge is 2.31. The number of hydrogen-bond donors (Lipinski definition) is 1. The summed E-state index contributed by atoms with van der Waals surface area (Å²) in [5.41, 5.74) is 0. The Balaban J connectivity index is 2.00. The van der Waals surface area contributed by atoms with E-state index in [0.29, 0.717) is 0 Å². The van der Waals surface area contributed by atoms with E-state index >= 15 is 0 Å². The number of hydrogen-bond acceptors (Lipinski definition) is 4.